The first-order chi connectivity index (χ1) is 10.7. The van der Waals surface area contributed by atoms with Crippen LogP contribution in [0.4, 0.5) is 0 Å². The normalized spacial score (nSPS) is 23.0. The Hall–Kier alpha value is -0.150. The maximum atomic E-state index is 12.0. The molecule has 0 spiro atoms. The third kappa shape index (κ3) is 7.09. The van der Waals surface area contributed by atoms with Crippen molar-refractivity contribution in [1.82, 2.24) is 10.6 Å². The van der Waals surface area contributed by atoms with Crippen molar-refractivity contribution < 1.29 is 4.21 Å². The van der Waals surface area contributed by atoms with Crippen LogP contribution in [0.3, 0.4) is 0 Å². The average molecular weight is 469 g/mol. The van der Waals surface area contributed by atoms with E-state index in [1.54, 1.807) is 11.3 Å². The zero-order chi connectivity index (χ0) is 15.8. The Kier molecular flexibility index (Phi) is 10.4. The van der Waals surface area contributed by atoms with Gasteiger partial charge in [-0.2, -0.15) is 11.3 Å². The van der Waals surface area contributed by atoms with Crippen molar-refractivity contribution in [3.63, 3.8) is 0 Å². The van der Waals surface area contributed by atoms with Crippen LogP contribution in [0.25, 0.3) is 0 Å². The number of hydrogen-bond acceptors (Lipinski definition) is 3. The molecule has 2 rings (SSSR count). The van der Waals surface area contributed by atoms with Gasteiger partial charge in [-0.15, -0.1) is 24.0 Å². The average Bonchev–Trinajstić information content (AvgIpc) is 3.06. The first-order valence-corrected chi connectivity index (χ1v) is 10.5. The number of nitrogens with zero attached hydrogens (tertiary/aromatic N) is 1. The molecular formula is C16H28IN3OS2. The van der Waals surface area contributed by atoms with Crippen LogP contribution in [-0.4, -0.2) is 33.8 Å². The smallest absolute Gasteiger partial charge is 0.191 e. The second-order valence-electron chi connectivity index (χ2n) is 5.63. The minimum atomic E-state index is -0.680. The summed E-state index contributed by atoms with van der Waals surface area (Å²) in [6, 6.07) is 2.49. The SMILES string of the molecule is CCNC(=NCc1ccsc1)NC1CCCC(S(=O)CC)C1.I. The zero-order valence-electron chi connectivity index (χ0n) is 13.9. The van der Waals surface area contributed by atoms with Crippen LogP contribution in [0.2, 0.25) is 0 Å². The maximum absolute atomic E-state index is 12.0. The fraction of sp³-hybridized carbons (Fsp3) is 0.688. The van der Waals surface area contributed by atoms with Crippen LogP contribution in [0, 0.1) is 0 Å². The molecule has 0 bridgehead atoms. The molecule has 2 N–H and O–H groups in total. The van der Waals surface area contributed by atoms with Crippen molar-refractivity contribution in [3.05, 3.63) is 22.4 Å². The van der Waals surface area contributed by atoms with Gasteiger partial charge in [-0.3, -0.25) is 4.21 Å². The minimum Gasteiger partial charge on any atom is -0.357 e. The van der Waals surface area contributed by atoms with Crippen molar-refractivity contribution in [3.8, 4) is 0 Å². The summed E-state index contributed by atoms with van der Waals surface area (Å²) in [4.78, 5) is 4.67. The summed E-state index contributed by atoms with van der Waals surface area (Å²) in [5, 5.41) is 11.4. The predicted octanol–water partition coefficient (Wildman–Crippen LogP) is 3.50. The van der Waals surface area contributed by atoms with E-state index in [4.69, 9.17) is 0 Å². The van der Waals surface area contributed by atoms with Gasteiger partial charge in [-0.05, 0) is 48.6 Å². The highest BCUT2D eigenvalue weighted by Gasteiger charge is 2.25. The fourth-order valence-corrected chi connectivity index (χ4v) is 4.82. The van der Waals surface area contributed by atoms with Crippen LogP contribution in [0.15, 0.2) is 21.8 Å². The van der Waals surface area contributed by atoms with Gasteiger partial charge in [0.2, 0.25) is 0 Å². The van der Waals surface area contributed by atoms with Crippen molar-refractivity contribution in [2.45, 2.75) is 57.4 Å². The Morgan fingerprint density at radius 1 is 1.43 bits per heavy atom. The molecule has 1 aliphatic carbocycles. The van der Waals surface area contributed by atoms with Crippen molar-refractivity contribution in [2.24, 2.45) is 4.99 Å². The van der Waals surface area contributed by atoms with E-state index < -0.39 is 10.8 Å². The highest BCUT2D eigenvalue weighted by molar-refractivity contribution is 14.0. The number of hydrogen-bond donors (Lipinski definition) is 2. The standard InChI is InChI=1S/C16H27N3OS2.HI/c1-3-17-16(18-11-13-8-9-21-12-13)19-14-6-5-7-15(10-14)22(20)4-2;/h8-9,12,14-15H,3-7,10-11H2,1-2H3,(H2,17,18,19);1H. The summed E-state index contributed by atoms with van der Waals surface area (Å²) in [6.07, 6.45) is 4.38. The van der Waals surface area contributed by atoms with Crippen molar-refractivity contribution >= 4 is 52.1 Å². The number of rotatable bonds is 6. The molecule has 0 amide bonds. The van der Waals surface area contributed by atoms with Crippen molar-refractivity contribution in [1.29, 1.82) is 0 Å². The van der Waals surface area contributed by atoms with E-state index in [1.165, 1.54) is 5.56 Å². The third-order valence-corrected chi connectivity index (χ3v) is 6.44. The van der Waals surface area contributed by atoms with Gasteiger partial charge in [0.25, 0.3) is 0 Å². The first kappa shape index (κ1) is 20.9. The lowest BCUT2D eigenvalue weighted by molar-refractivity contribution is 0.413. The van der Waals surface area contributed by atoms with Crippen LogP contribution >= 0.6 is 35.3 Å². The summed E-state index contributed by atoms with van der Waals surface area (Å²) < 4.78 is 12.0. The minimum absolute atomic E-state index is 0. The molecule has 3 unspecified atom stereocenters. The molecule has 0 saturated heterocycles. The summed E-state index contributed by atoms with van der Waals surface area (Å²) in [6.45, 7) is 5.65. The van der Waals surface area contributed by atoms with E-state index in [2.05, 4.69) is 39.4 Å². The van der Waals surface area contributed by atoms with E-state index in [0.29, 0.717) is 17.8 Å². The quantitative estimate of drug-likeness (QED) is 0.381. The van der Waals surface area contributed by atoms with E-state index in [-0.39, 0.29) is 24.0 Å². The molecule has 1 aromatic rings. The summed E-state index contributed by atoms with van der Waals surface area (Å²) >= 11 is 1.70. The molecule has 7 heteroatoms. The van der Waals surface area contributed by atoms with Gasteiger partial charge in [-0.25, -0.2) is 4.99 Å². The molecule has 132 valence electrons. The maximum Gasteiger partial charge on any atom is 0.191 e. The second kappa shape index (κ2) is 11.4. The van der Waals surface area contributed by atoms with E-state index in [9.17, 15) is 4.21 Å². The topological polar surface area (TPSA) is 53.5 Å². The molecule has 0 aromatic carbocycles. The first-order valence-electron chi connectivity index (χ1n) is 8.16. The molecule has 1 aromatic heterocycles. The predicted molar refractivity (Wildman–Crippen MR) is 112 cm³/mol. The van der Waals surface area contributed by atoms with Gasteiger partial charge in [0.05, 0.1) is 6.54 Å². The van der Waals surface area contributed by atoms with Crippen LogP contribution in [0.5, 0.6) is 0 Å². The molecule has 0 radical (unpaired) electrons. The highest BCUT2D eigenvalue weighted by atomic mass is 127. The summed E-state index contributed by atoms with van der Waals surface area (Å²) in [7, 11) is -0.680. The van der Waals surface area contributed by atoms with E-state index >= 15 is 0 Å². The fourth-order valence-electron chi connectivity index (χ4n) is 2.82. The van der Waals surface area contributed by atoms with Crippen molar-refractivity contribution in [2.75, 3.05) is 12.3 Å². The van der Waals surface area contributed by atoms with Gasteiger partial charge >= 0.3 is 0 Å². The van der Waals surface area contributed by atoms with Gasteiger partial charge in [0, 0.05) is 34.4 Å². The Morgan fingerprint density at radius 3 is 2.91 bits per heavy atom. The van der Waals surface area contributed by atoms with Gasteiger partial charge in [0.1, 0.15) is 0 Å². The Bertz CT molecular complexity index is 494. The molecule has 1 aliphatic rings. The molecular weight excluding hydrogens is 441 g/mol. The number of nitrogens with one attached hydrogen (secondary N) is 2. The number of thiophene rings is 1. The molecule has 1 heterocycles. The molecule has 3 atom stereocenters. The third-order valence-electron chi connectivity index (χ3n) is 3.97. The van der Waals surface area contributed by atoms with Crippen LogP contribution < -0.4 is 10.6 Å². The largest absolute Gasteiger partial charge is 0.357 e. The van der Waals surface area contributed by atoms with Gasteiger partial charge in [0.15, 0.2) is 5.96 Å². The number of halogens is 1. The summed E-state index contributed by atoms with van der Waals surface area (Å²) in [5.74, 6) is 1.64. The van der Waals surface area contributed by atoms with Gasteiger partial charge in [-0.1, -0.05) is 13.3 Å². The summed E-state index contributed by atoms with van der Waals surface area (Å²) in [5.41, 5.74) is 1.25. The molecule has 4 nitrogen and oxygen atoms in total. The zero-order valence-corrected chi connectivity index (χ0v) is 17.9. The molecule has 1 fully saturated rings. The number of aliphatic imine (C=N–C) groups is 1. The van der Waals surface area contributed by atoms with Crippen LogP contribution in [0.1, 0.15) is 45.1 Å². The second-order valence-corrected chi connectivity index (χ2v) is 8.41. The molecule has 23 heavy (non-hydrogen) atoms. The Labute approximate surface area is 163 Å². The molecule has 1 saturated carbocycles. The molecule has 0 aliphatic heterocycles. The Morgan fingerprint density at radius 2 is 2.26 bits per heavy atom. The van der Waals surface area contributed by atoms with Gasteiger partial charge < -0.3 is 10.6 Å². The Balaban J connectivity index is 0.00000264. The monoisotopic (exact) mass is 469 g/mol. The van der Waals surface area contributed by atoms with E-state index in [1.807, 2.05) is 6.92 Å². The lowest BCUT2D eigenvalue weighted by atomic mass is 9.95. The number of guanidine groups is 1. The lowest BCUT2D eigenvalue weighted by Crippen LogP contribution is -2.46. The van der Waals surface area contributed by atoms with E-state index in [0.717, 1.165) is 43.9 Å². The lowest BCUT2D eigenvalue weighted by Gasteiger charge is -2.30. The van der Waals surface area contributed by atoms with Crippen LogP contribution in [-0.2, 0) is 17.3 Å². The highest BCUT2D eigenvalue weighted by Crippen LogP contribution is 2.23.